The van der Waals surface area contributed by atoms with E-state index in [0.717, 1.165) is 19.3 Å². The summed E-state index contributed by atoms with van der Waals surface area (Å²) in [6.07, 6.45) is 3.02. The Morgan fingerprint density at radius 3 is 2.62 bits per heavy atom. The Morgan fingerprint density at radius 1 is 1.29 bits per heavy atom. The van der Waals surface area contributed by atoms with E-state index in [2.05, 4.69) is 6.92 Å². The quantitative estimate of drug-likeness (QED) is 0.713. The lowest BCUT2D eigenvalue weighted by Gasteiger charge is -2.18. The number of benzene rings is 1. The van der Waals surface area contributed by atoms with Crippen molar-refractivity contribution >= 4 is 44.8 Å². The molecule has 1 saturated heterocycles. The Labute approximate surface area is 141 Å². The van der Waals surface area contributed by atoms with Gasteiger partial charge >= 0.3 is 0 Å². The van der Waals surface area contributed by atoms with Crippen LogP contribution in [0.3, 0.4) is 0 Å². The van der Waals surface area contributed by atoms with Gasteiger partial charge < -0.3 is 0 Å². The van der Waals surface area contributed by atoms with E-state index in [1.165, 1.54) is 16.4 Å². The fourth-order valence-electron chi connectivity index (χ4n) is 2.67. The summed E-state index contributed by atoms with van der Waals surface area (Å²) < 4.78 is 27.0. The monoisotopic (exact) mass is 369 g/mol. The molecule has 1 aliphatic heterocycles. The van der Waals surface area contributed by atoms with Gasteiger partial charge in [-0.25, -0.2) is 8.42 Å². The van der Waals surface area contributed by atoms with Crippen molar-refractivity contribution in [1.82, 2.24) is 4.31 Å². The van der Waals surface area contributed by atoms with E-state index in [0.29, 0.717) is 29.6 Å². The Bertz CT molecular complexity index is 619. The molecule has 1 heterocycles. The lowest BCUT2D eigenvalue weighted by molar-refractivity contribution is 0.444. The molecule has 1 aromatic rings. The van der Waals surface area contributed by atoms with E-state index >= 15 is 0 Å². The molecule has 0 radical (unpaired) electrons. The van der Waals surface area contributed by atoms with E-state index < -0.39 is 10.0 Å². The van der Waals surface area contributed by atoms with Crippen molar-refractivity contribution in [3.8, 4) is 0 Å². The number of rotatable bonds is 5. The highest BCUT2D eigenvalue weighted by atomic mass is 35.5. The highest BCUT2D eigenvalue weighted by Gasteiger charge is 2.33. The minimum Gasteiger partial charge on any atom is -0.207 e. The standard InChI is InChI=1S/C14H18Cl3NO2S/c1-2-3-10-4-5-18(9-10)21(19,20)14-6-11(8-15)12(16)7-13(14)17/h6-7,10H,2-5,8-9H2,1H3. The predicted octanol–water partition coefficient (Wildman–Crippen LogP) is 4.54. The maximum absolute atomic E-state index is 12.7. The van der Waals surface area contributed by atoms with Gasteiger partial charge in [-0.2, -0.15) is 4.31 Å². The Balaban J connectivity index is 2.32. The van der Waals surface area contributed by atoms with E-state index in [4.69, 9.17) is 34.8 Å². The number of hydrogen-bond donors (Lipinski definition) is 0. The van der Waals surface area contributed by atoms with Crippen molar-refractivity contribution in [2.75, 3.05) is 13.1 Å². The van der Waals surface area contributed by atoms with Gasteiger partial charge in [0.2, 0.25) is 10.0 Å². The molecule has 0 amide bonds. The molecule has 0 saturated carbocycles. The highest BCUT2D eigenvalue weighted by molar-refractivity contribution is 7.89. The molecule has 21 heavy (non-hydrogen) atoms. The summed E-state index contributed by atoms with van der Waals surface area (Å²) >= 11 is 17.9. The zero-order valence-corrected chi connectivity index (χ0v) is 14.9. The zero-order chi connectivity index (χ0) is 15.6. The summed E-state index contributed by atoms with van der Waals surface area (Å²) in [4.78, 5) is 0.0985. The third-order valence-electron chi connectivity index (χ3n) is 3.81. The molecule has 1 fully saturated rings. The maximum Gasteiger partial charge on any atom is 0.244 e. The number of halogens is 3. The van der Waals surface area contributed by atoms with Crippen LogP contribution in [0, 0.1) is 5.92 Å². The van der Waals surface area contributed by atoms with E-state index in [1.807, 2.05) is 0 Å². The Morgan fingerprint density at radius 2 is 2.00 bits per heavy atom. The van der Waals surface area contributed by atoms with Gasteiger partial charge in [0.25, 0.3) is 0 Å². The van der Waals surface area contributed by atoms with Gasteiger partial charge in [0.1, 0.15) is 4.90 Å². The number of sulfonamides is 1. The molecule has 7 heteroatoms. The first-order chi connectivity index (χ1) is 9.90. The highest BCUT2D eigenvalue weighted by Crippen LogP contribution is 2.34. The van der Waals surface area contributed by atoms with Crippen LogP contribution in [0.1, 0.15) is 31.7 Å². The van der Waals surface area contributed by atoms with Gasteiger partial charge in [-0.3, -0.25) is 0 Å². The number of nitrogens with zero attached hydrogens (tertiary/aromatic N) is 1. The van der Waals surface area contributed by atoms with E-state index in [-0.39, 0.29) is 15.8 Å². The van der Waals surface area contributed by atoms with Gasteiger partial charge in [-0.1, -0.05) is 36.5 Å². The molecule has 1 aromatic carbocycles. The zero-order valence-electron chi connectivity index (χ0n) is 11.8. The van der Waals surface area contributed by atoms with E-state index in [9.17, 15) is 8.42 Å². The van der Waals surface area contributed by atoms with Gasteiger partial charge in [-0.05, 0) is 36.5 Å². The summed E-state index contributed by atoms with van der Waals surface area (Å²) in [5.74, 6) is 0.583. The fourth-order valence-corrected chi connectivity index (χ4v) is 5.33. The summed E-state index contributed by atoms with van der Waals surface area (Å²) in [6, 6.07) is 2.94. The average molecular weight is 371 g/mol. The minimum atomic E-state index is -3.59. The molecule has 0 spiro atoms. The van der Waals surface area contributed by atoms with Crippen molar-refractivity contribution in [2.24, 2.45) is 5.92 Å². The predicted molar refractivity (Wildman–Crippen MR) is 87.8 cm³/mol. The molecule has 2 rings (SSSR count). The third kappa shape index (κ3) is 3.67. The molecule has 0 bridgehead atoms. The van der Waals surface area contributed by atoms with Gasteiger partial charge in [0.15, 0.2) is 0 Å². The first-order valence-electron chi connectivity index (χ1n) is 6.94. The third-order valence-corrected chi connectivity index (χ3v) is 6.78. The maximum atomic E-state index is 12.7. The molecule has 1 unspecified atom stereocenters. The van der Waals surface area contributed by atoms with Crippen molar-refractivity contribution in [1.29, 1.82) is 0 Å². The SMILES string of the molecule is CCCC1CCN(S(=O)(=O)c2cc(CCl)c(Cl)cc2Cl)C1. The van der Waals surface area contributed by atoms with Crippen LogP contribution in [0.4, 0.5) is 0 Å². The van der Waals surface area contributed by atoms with Crippen LogP contribution in [0.5, 0.6) is 0 Å². The topological polar surface area (TPSA) is 37.4 Å². The lowest BCUT2D eigenvalue weighted by atomic mass is 10.0. The summed E-state index contributed by atoms with van der Waals surface area (Å²) in [5.41, 5.74) is 0.575. The normalized spacial score (nSPS) is 20.1. The molecule has 1 atom stereocenters. The fraction of sp³-hybridized carbons (Fsp3) is 0.571. The molecular formula is C14H18Cl3NO2S. The smallest absolute Gasteiger partial charge is 0.207 e. The van der Waals surface area contributed by atoms with Crippen LogP contribution in [0.15, 0.2) is 17.0 Å². The molecule has 118 valence electrons. The molecular weight excluding hydrogens is 353 g/mol. The summed E-state index contributed by atoms with van der Waals surface area (Å²) in [7, 11) is -3.59. The van der Waals surface area contributed by atoms with Gasteiger partial charge in [0, 0.05) is 24.0 Å². The van der Waals surface area contributed by atoms with Crippen molar-refractivity contribution in [2.45, 2.75) is 37.0 Å². The second kappa shape index (κ2) is 7.05. The Kier molecular flexibility index (Phi) is 5.83. The minimum absolute atomic E-state index is 0.0985. The molecule has 1 aliphatic rings. The summed E-state index contributed by atoms with van der Waals surface area (Å²) in [5, 5.41) is 0.534. The average Bonchev–Trinajstić information content (AvgIpc) is 2.88. The van der Waals surface area contributed by atoms with Crippen LogP contribution >= 0.6 is 34.8 Å². The number of alkyl halides is 1. The van der Waals surface area contributed by atoms with Crippen LogP contribution < -0.4 is 0 Å². The largest absolute Gasteiger partial charge is 0.244 e. The van der Waals surface area contributed by atoms with Crippen molar-refractivity contribution in [3.63, 3.8) is 0 Å². The summed E-state index contributed by atoms with van der Waals surface area (Å²) in [6.45, 7) is 3.22. The molecule has 0 aromatic heterocycles. The van der Waals surface area contributed by atoms with Gasteiger partial charge in [0.05, 0.1) is 5.02 Å². The Hall–Kier alpha value is -0.000000000000000111. The van der Waals surface area contributed by atoms with Crippen molar-refractivity contribution < 1.29 is 8.42 Å². The van der Waals surface area contributed by atoms with Crippen molar-refractivity contribution in [3.05, 3.63) is 27.7 Å². The molecule has 0 aliphatic carbocycles. The van der Waals surface area contributed by atoms with Crippen LogP contribution in [-0.2, 0) is 15.9 Å². The molecule has 3 nitrogen and oxygen atoms in total. The van der Waals surface area contributed by atoms with Crippen LogP contribution in [0.2, 0.25) is 10.0 Å². The van der Waals surface area contributed by atoms with Gasteiger partial charge in [-0.15, -0.1) is 11.6 Å². The second-order valence-corrected chi connectivity index (χ2v) is 8.30. The second-order valence-electron chi connectivity index (χ2n) is 5.31. The first kappa shape index (κ1) is 17.4. The first-order valence-corrected chi connectivity index (χ1v) is 9.67. The van der Waals surface area contributed by atoms with Crippen LogP contribution in [0.25, 0.3) is 0 Å². The van der Waals surface area contributed by atoms with E-state index in [1.54, 1.807) is 0 Å². The van der Waals surface area contributed by atoms with Crippen LogP contribution in [-0.4, -0.2) is 25.8 Å². The molecule has 0 N–H and O–H groups in total. The lowest BCUT2D eigenvalue weighted by Crippen LogP contribution is -2.29. The number of hydrogen-bond acceptors (Lipinski definition) is 2.